The molecular weight excluding hydrogens is 1010 g/mol. The highest BCUT2D eigenvalue weighted by atomic mass is 35.5. The van der Waals surface area contributed by atoms with Crippen LogP contribution >= 0.6 is 40.4 Å². The van der Waals surface area contributed by atoms with Crippen LogP contribution in [-0.4, -0.2) is 79.7 Å². The molecule has 0 amide bonds. The summed E-state index contributed by atoms with van der Waals surface area (Å²) in [7, 11) is 2.00. The molecule has 17 heteroatoms. The lowest BCUT2D eigenvalue weighted by Crippen LogP contribution is -2.28. The molecular formula is C56H82Cl2F4N8OP2. The van der Waals surface area contributed by atoms with Gasteiger partial charge in [-0.15, -0.1) is 22.3 Å². The minimum atomic E-state index is -0.864. The summed E-state index contributed by atoms with van der Waals surface area (Å²) in [5.41, 5.74) is 3.48. The molecule has 0 bridgehead atoms. The van der Waals surface area contributed by atoms with Crippen LogP contribution in [0.15, 0.2) is 42.7 Å². The number of hydrogen-bond donors (Lipinski definition) is 0. The SMILES string of the molecule is CPCC(CC1CCC(n2ncc3c(N(CCOCCCCCCCCCCc4cn(CCCCCCCCCCCCCCc5c(F)cc(F)cc5F)nn4)Cc4ccc(F)cc4Cl)nc(Cl)nc32)C1)PC. The maximum absolute atomic E-state index is 14.0. The number of anilines is 1. The van der Waals surface area contributed by atoms with Crippen molar-refractivity contribution in [2.75, 3.05) is 44.1 Å². The van der Waals surface area contributed by atoms with Crippen molar-refractivity contribution in [2.45, 2.75) is 192 Å². The molecule has 5 unspecified atom stereocenters. The quantitative estimate of drug-likeness (QED) is 0.0168. The Kier molecular flexibility index (Phi) is 27.0. The predicted molar refractivity (Wildman–Crippen MR) is 298 cm³/mol. The second-order valence-corrected chi connectivity index (χ2v) is 23.7. The highest BCUT2D eigenvalue weighted by Gasteiger charge is 2.30. The van der Waals surface area contributed by atoms with Gasteiger partial charge in [-0.3, -0.25) is 4.68 Å². The summed E-state index contributed by atoms with van der Waals surface area (Å²) in [5.74, 6) is -1.39. The third-order valence-electron chi connectivity index (χ3n) is 14.7. The lowest BCUT2D eigenvalue weighted by molar-refractivity contribution is 0.135. The van der Waals surface area contributed by atoms with E-state index in [0.29, 0.717) is 49.5 Å². The molecule has 5 aromatic rings. The van der Waals surface area contributed by atoms with Crippen LogP contribution in [0.1, 0.15) is 177 Å². The fourth-order valence-electron chi connectivity index (χ4n) is 10.5. The first-order chi connectivity index (χ1) is 35.6. The molecule has 5 atom stereocenters. The average Bonchev–Trinajstić information content (AvgIpc) is 4.14. The number of halogens is 6. The Morgan fingerprint density at radius 2 is 1.38 bits per heavy atom. The zero-order chi connectivity index (χ0) is 51.6. The van der Waals surface area contributed by atoms with E-state index in [-0.39, 0.29) is 22.7 Å². The number of ether oxygens (including phenoxy) is 1. The van der Waals surface area contributed by atoms with E-state index in [0.717, 1.165) is 134 Å². The molecule has 3 aromatic heterocycles. The van der Waals surface area contributed by atoms with Crippen LogP contribution in [0.25, 0.3) is 11.0 Å². The number of rotatable bonds is 38. The van der Waals surface area contributed by atoms with E-state index in [4.69, 9.17) is 43.0 Å². The van der Waals surface area contributed by atoms with Crippen LogP contribution in [0.5, 0.6) is 0 Å². The summed E-state index contributed by atoms with van der Waals surface area (Å²) in [6, 6.07) is 6.33. The van der Waals surface area contributed by atoms with E-state index in [1.807, 2.05) is 10.9 Å². The maximum atomic E-state index is 14.0. The van der Waals surface area contributed by atoms with Crippen molar-refractivity contribution >= 4 is 57.2 Å². The Labute approximate surface area is 447 Å². The lowest BCUT2D eigenvalue weighted by Gasteiger charge is -2.25. The van der Waals surface area contributed by atoms with E-state index in [2.05, 4.69) is 39.4 Å². The molecule has 1 aliphatic carbocycles. The highest BCUT2D eigenvalue weighted by Crippen LogP contribution is 2.41. The zero-order valence-corrected chi connectivity index (χ0v) is 47.2. The average molecular weight is 1090 g/mol. The number of aromatic nitrogens is 7. The van der Waals surface area contributed by atoms with Crippen molar-refractivity contribution in [3.8, 4) is 0 Å². The van der Waals surface area contributed by atoms with Crippen LogP contribution in [0.2, 0.25) is 10.3 Å². The Bertz CT molecular complexity index is 2340. The van der Waals surface area contributed by atoms with Crippen molar-refractivity contribution in [1.82, 2.24) is 34.7 Å². The molecule has 6 rings (SSSR count). The van der Waals surface area contributed by atoms with E-state index in [9.17, 15) is 17.6 Å². The topological polar surface area (TPSA) is 86.8 Å². The molecule has 0 spiro atoms. The van der Waals surface area contributed by atoms with Crippen LogP contribution in [0.3, 0.4) is 0 Å². The summed E-state index contributed by atoms with van der Waals surface area (Å²) >= 11 is 13.2. The normalized spacial score (nSPS) is 15.6. The number of aryl methyl sites for hydroxylation is 2. The van der Waals surface area contributed by atoms with Crippen molar-refractivity contribution in [2.24, 2.45) is 5.92 Å². The number of unbranched alkanes of at least 4 members (excludes halogenated alkanes) is 18. The van der Waals surface area contributed by atoms with Gasteiger partial charge in [-0.05, 0) is 125 Å². The summed E-state index contributed by atoms with van der Waals surface area (Å²) in [6.45, 7) is 7.75. The Hall–Kier alpha value is -2.95. The molecule has 3 heterocycles. The zero-order valence-electron chi connectivity index (χ0n) is 43.7. The Morgan fingerprint density at radius 3 is 2.04 bits per heavy atom. The van der Waals surface area contributed by atoms with Crippen LogP contribution in [0.4, 0.5) is 23.4 Å². The van der Waals surface area contributed by atoms with Gasteiger partial charge in [0.05, 0.1) is 29.9 Å². The molecule has 404 valence electrons. The molecule has 0 radical (unpaired) electrons. The first kappa shape index (κ1) is 59.3. The first-order valence-corrected chi connectivity index (χ1v) is 31.7. The van der Waals surface area contributed by atoms with Gasteiger partial charge in [-0.2, -0.15) is 15.1 Å². The fraction of sp³-hybridized carbons (Fsp3) is 0.661. The van der Waals surface area contributed by atoms with E-state index < -0.39 is 17.5 Å². The van der Waals surface area contributed by atoms with Gasteiger partial charge in [0.15, 0.2) is 5.65 Å². The van der Waals surface area contributed by atoms with Crippen LogP contribution < -0.4 is 4.90 Å². The van der Waals surface area contributed by atoms with E-state index in [1.54, 1.807) is 6.07 Å². The second kappa shape index (κ2) is 33.3. The van der Waals surface area contributed by atoms with Gasteiger partial charge in [-0.1, -0.05) is 126 Å². The van der Waals surface area contributed by atoms with Gasteiger partial charge in [-0.25, -0.2) is 22.2 Å². The first-order valence-electron chi connectivity index (χ1n) is 27.6. The van der Waals surface area contributed by atoms with Crippen molar-refractivity contribution < 1.29 is 22.3 Å². The van der Waals surface area contributed by atoms with E-state index in [1.165, 1.54) is 108 Å². The van der Waals surface area contributed by atoms with Crippen molar-refractivity contribution in [1.29, 1.82) is 0 Å². The molecule has 1 aliphatic rings. The molecule has 1 fully saturated rings. The van der Waals surface area contributed by atoms with Gasteiger partial charge in [0.25, 0.3) is 0 Å². The third-order valence-corrected chi connectivity index (χ3v) is 17.7. The number of nitrogens with zero attached hydrogens (tertiary/aromatic N) is 8. The third kappa shape index (κ3) is 20.5. The van der Waals surface area contributed by atoms with Gasteiger partial charge >= 0.3 is 0 Å². The highest BCUT2D eigenvalue weighted by molar-refractivity contribution is 7.42. The predicted octanol–water partition coefficient (Wildman–Crippen LogP) is 16.3. The smallest absolute Gasteiger partial charge is 0.226 e. The fourth-order valence-corrected chi connectivity index (χ4v) is 13.6. The molecule has 2 aromatic carbocycles. The van der Waals surface area contributed by atoms with Gasteiger partial charge < -0.3 is 9.64 Å². The standard InChI is InChI=1S/C56H82Cl2F4N8OP2/c1-72-41-48(73-2)34-42-25-28-47(33-42)70-55-50(38-63-70)54(64-56(58)65-55)68(39-43-26-27-44(59)35-51(43)57)30-32-71-31-22-18-14-10-8-11-15-19-23-46-40-69(67-66-46)29-21-17-13-9-6-4-3-5-7-12-16-20-24-49-52(61)36-45(60)37-53(49)62/h26-27,35-38,40,42,47-48,72-73H,3-25,28-34,39,41H2,1-2H3. The molecule has 0 aliphatic heterocycles. The number of fused-ring (bicyclic) bond motifs is 1. The molecule has 0 N–H and O–H groups in total. The van der Waals surface area contributed by atoms with Gasteiger partial charge in [0.1, 0.15) is 29.1 Å². The Morgan fingerprint density at radius 1 is 0.740 bits per heavy atom. The minimum Gasteiger partial charge on any atom is -0.380 e. The van der Waals surface area contributed by atoms with Crippen molar-refractivity contribution in [3.63, 3.8) is 0 Å². The monoisotopic (exact) mass is 1090 g/mol. The molecule has 9 nitrogen and oxygen atoms in total. The van der Waals surface area contributed by atoms with Gasteiger partial charge in [0, 0.05) is 55.2 Å². The largest absolute Gasteiger partial charge is 0.380 e. The number of benzene rings is 2. The maximum Gasteiger partial charge on any atom is 0.226 e. The van der Waals surface area contributed by atoms with E-state index >= 15 is 0 Å². The molecule has 1 saturated carbocycles. The summed E-state index contributed by atoms with van der Waals surface area (Å²) in [5, 5.41) is 15.1. The minimum absolute atomic E-state index is 0.00704. The van der Waals surface area contributed by atoms with Crippen LogP contribution in [-0.2, 0) is 30.7 Å². The summed E-state index contributed by atoms with van der Waals surface area (Å²) in [6.07, 6.45) is 34.5. The lowest BCUT2D eigenvalue weighted by atomic mass is 10.0. The van der Waals surface area contributed by atoms with Gasteiger partial charge in [0.2, 0.25) is 5.28 Å². The molecule has 0 saturated heterocycles. The summed E-state index contributed by atoms with van der Waals surface area (Å²) < 4.78 is 65.0. The number of hydrogen-bond acceptors (Lipinski definition) is 7. The second-order valence-electron chi connectivity index (χ2n) is 20.4. The van der Waals surface area contributed by atoms with Crippen molar-refractivity contribution in [3.05, 3.63) is 93.1 Å². The summed E-state index contributed by atoms with van der Waals surface area (Å²) in [4.78, 5) is 11.6. The Balaban J connectivity index is 0.779. The van der Waals surface area contributed by atoms with Crippen LogP contribution in [0, 0.1) is 29.2 Å². The molecule has 73 heavy (non-hydrogen) atoms.